The number of pyridine rings is 1. The first-order valence-electron chi connectivity index (χ1n) is 13.8. The van der Waals surface area contributed by atoms with Crippen LogP contribution in [0.15, 0.2) is 36.1 Å². The molecule has 0 spiro atoms. The molecule has 0 amide bonds. The number of rotatable bonds is 12. The van der Waals surface area contributed by atoms with E-state index >= 15 is 0 Å². The van der Waals surface area contributed by atoms with Gasteiger partial charge >= 0.3 is 6.18 Å². The summed E-state index contributed by atoms with van der Waals surface area (Å²) >= 11 is 0. The predicted molar refractivity (Wildman–Crippen MR) is 144 cm³/mol. The number of nitrogens with zero attached hydrogens (tertiary/aromatic N) is 5. The average molecular weight is 516 g/mol. The van der Waals surface area contributed by atoms with Gasteiger partial charge in [0, 0.05) is 31.4 Å². The molecule has 1 saturated carbocycles. The summed E-state index contributed by atoms with van der Waals surface area (Å²) in [4.78, 5) is 11.1. The van der Waals surface area contributed by atoms with Gasteiger partial charge in [-0.1, -0.05) is 51.3 Å². The highest BCUT2D eigenvalue weighted by atomic mass is 19.4. The summed E-state index contributed by atoms with van der Waals surface area (Å²) in [6.45, 7) is 10.2. The molecule has 0 N–H and O–H groups in total. The number of fused-ring (bicyclic) bond motifs is 3. The normalized spacial score (nSPS) is 15.9. The molecule has 3 aromatic rings. The van der Waals surface area contributed by atoms with Crippen molar-refractivity contribution in [2.75, 3.05) is 13.1 Å². The topological polar surface area (TPSA) is 38.4 Å². The van der Waals surface area contributed by atoms with Crippen molar-refractivity contribution in [1.29, 1.82) is 0 Å². The van der Waals surface area contributed by atoms with Crippen LogP contribution in [-0.2, 0) is 12.7 Å². The SMILES string of the molecule is CC/C=C(/C)C/C(=C\CC)n1c2ncccc2n2c(CN(CCCC)CC3CCC3)c(C(F)(F)F)nc12. The molecule has 0 saturated heterocycles. The van der Waals surface area contributed by atoms with E-state index in [2.05, 4.69) is 47.8 Å². The molecular weight excluding hydrogens is 475 g/mol. The van der Waals surface area contributed by atoms with E-state index in [1.807, 2.05) is 17.6 Å². The lowest BCUT2D eigenvalue weighted by atomic mass is 9.85. The van der Waals surface area contributed by atoms with Crippen LogP contribution in [0.3, 0.4) is 0 Å². The highest BCUT2D eigenvalue weighted by Crippen LogP contribution is 2.37. The molecule has 0 unspecified atom stereocenters. The Balaban J connectivity index is 1.91. The van der Waals surface area contributed by atoms with Crippen LogP contribution in [0, 0.1) is 5.92 Å². The number of hydrogen-bond donors (Lipinski definition) is 0. The van der Waals surface area contributed by atoms with Crippen LogP contribution >= 0.6 is 0 Å². The largest absolute Gasteiger partial charge is 0.435 e. The first-order valence-corrected chi connectivity index (χ1v) is 13.8. The molecule has 1 fully saturated rings. The lowest BCUT2D eigenvalue weighted by Crippen LogP contribution is -2.34. The number of alkyl halides is 3. The third-order valence-electron chi connectivity index (χ3n) is 7.32. The van der Waals surface area contributed by atoms with E-state index in [4.69, 9.17) is 0 Å². The molecule has 5 nitrogen and oxygen atoms in total. The molecule has 37 heavy (non-hydrogen) atoms. The molecule has 0 aromatic carbocycles. The number of allylic oxidation sites excluding steroid dienone is 4. The van der Waals surface area contributed by atoms with Crippen molar-refractivity contribution >= 4 is 22.6 Å². The monoisotopic (exact) mass is 515 g/mol. The first-order chi connectivity index (χ1) is 17.8. The zero-order valence-electron chi connectivity index (χ0n) is 22.6. The van der Waals surface area contributed by atoms with Crippen molar-refractivity contribution in [3.8, 4) is 0 Å². The molecule has 0 aliphatic heterocycles. The molecule has 0 atom stereocenters. The smallest absolute Gasteiger partial charge is 0.297 e. The van der Waals surface area contributed by atoms with Gasteiger partial charge in [-0.2, -0.15) is 13.2 Å². The standard InChI is InChI=1S/C29H40F3N5/c1-5-8-17-35(19-22-13-9-14-22)20-25-26(29(30,31)32)34-28-36(23(12-7-3)18-21(4)11-6-2)27-24(37(25)28)15-10-16-33-27/h10-12,15-16,22H,5-9,13-14,17-20H2,1-4H3/b21-11-,23-12+. The zero-order valence-corrected chi connectivity index (χ0v) is 22.6. The van der Waals surface area contributed by atoms with Gasteiger partial charge in [-0.3, -0.25) is 13.9 Å². The number of unbranched alkanes of at least 4 members (excludes halogenated alkanes) is 1. The van der Waals surface area contributed by atoms with Gasteiger partial charge in [0.05, 0.1) is 11.2 Å². The van der Waals surface area contributed by atoms with E-state index in [9.17, 15) is 13.2 Å². The maximum Gasteiger partial charge on any atom is 0.435 e. The minimum absolute atomic E-state index is 0.214. The van der Waals surface area contributed by atoms with Gasteiger partial charge in [0.1, 0.15) is 0 Å². The Bertz CT molecular complexity index is 1260. The third-order valence-corrected chi connectivity index (χ3v) is 7.32. The third kappa shape index (κ3) is 5.95. The van der Waals surface area contributed by atoms with E-state index < -0.39 is 11.9 Å². The molecule has 202 valence electrons. The quantitative estimate of drug-likeness (QED) is 0.229. The van der Waals surface area contributed by atoms with Crippen LogP contribution in [-0.4, -0.2) is 36.9 Å². The highest BCUT2D eigenvalue weighted by Gasteiger charge is 2.40. The lowest BCUT2D eigenvalue weighted by Gasteiger charge is -2.32. The summed E-state index contributed by atoms with van der Waals surface area (Å²) in [5, 5.41) is 0. The zero-order chi connectivity index (χ0) is 26.6. The van der Waals surface area contributed by atoms with Crippen LogP contribution in [0.2, 0.25) is 0 Å². The number of hydrogen-bond acceptors (Lipinski definition) is 3. The molecule has 4 rings (SSSR count). The van der Waals surface area contributed by atoms with Gasteiger partial charge in [-0.15, -0.1) is 0 Å². The van der Waals surface area contributed by atoms with E-state index in [-0.39, 0.29) is 12.2 Å². The van der Waals surface area contributed by atoms with Crippen molar-refractivity contribution in [3.63, 3.8) is 0 Å². The van der Waals surface area contributed by atoms with Crippen molar-refractivity contribution < 1.29 is 13.2 Å². The fourth-order valence-corrected chi connectivity index (χ4v) is 5.36. The van der Waals surface area contributed by atoms with Crippen molar-refractivity contribution in [2.45, 2.75) is 91.8 Å². The van der Waals surface area contributed by atoms with E-state index in [0.717, 1.165) is 57.3 Å². The van der Waals surface area contributed by atoms with Gasteiger partial charge in [-0.05, 0) is 63.6 Å². The molecular formula is C29H40F3N5. The van der Waals surface area contributed by atoms with Crippen molar-refractivity contribution in [1.82, 2.24) is 23.8 Å². The first kappa shape index (κ1) is 27.4. The Morgan fingerprint density at radius 2 is 1.92 bits per heavy atom. The maximum atomic E-state index is 14.5. The van der Waals surface area contributed by atoms with Crippen molar-refractivity contribution in [2.24, 2.45) is 5.92 Å². The highest BCUT2D eigenvalue weighted by molar-refractivity contribution is 5.83. The Labute approximate surface area is 218 Å². The Hall–Kier alpha value is -2.61. The molecule has 0 bridgehead atoms. The Kier molecular flexibility index (Phi) is 8.78. The second kappa shape index (κ2) is 11.8. The Morgan fingerprint density at radius 3 is 2.54 bits per heavy atom. The van der Waals surface area contributed by atoms with E-state index in [0.29, 0.717) is 29.3 Å². The molecule has 1 aliphatic rings. The molecule has 3 aromatic heterocycles. The van der Waals surface area contributed by atoms with Crippen LogP contribution in [0.4, 0.5) is 13.2 Å². The van der Waals surface area contributed by atoms with Crippen LogP contribution in [0.25, 0.3) is 22.6 Å². The maximum absolute atomic E-state index is 14.5. The molecule has 8 heteroatoms. The van der Waals surface area contributed by atoms with E-state index in [1.165, 1.54) is 12.0 Å². The number of imidazole rings is 2. The summed E-state index contributed by atoms with van der Waals surface area (Å²) in [6, 6.07) is 3.65. The van der Waals surface area contributed by atoms with E-state index in [1.54, 1.807) is 16.7 Å². The molecule has 3 heterocycles. The summed E-state index contributed by atoms with van der Waals surface area (Å²) < 4.78 is 46.9. The second-order valence-electron chi connectivity index (χ2n) is 10.3. The average Bonchev–Trinajstić information content (AvgIpc) is 3.34. The van der Waals surface area contributed by atoms with Crippen molar-refractivity contribution in [3.05, 3.63) is 47.4 Å². The fourth-order valence-electron chi connectivity index (χ4n) is 5.36. The summed E-state index contributed by atoms with van der Waals surface area (Å²) in [5.74, 6) is 0.865. The van der Waals surface area contributed by atoms with Gasteiger partial charge < -0.3 is 0 Å². The van der Waals surface area contributed by atoms with Gasteiger partial charge in [0.2, 0.25) is 5.78 Å². The minimum atomic E-state index is -4.54. The van der Waals surface area contributed by atoms with Gasteiger partial charge in [0.25, 0.3) is 0 Å². The van der Waals surface area contributed by atoms with Gasteiger partial charge in [0.15, 0.2) is 11.3 Å². The predicted octanol–water partition coefficient (Wildman–Crippen LogP) is 8.10. The molecule has 0 radical (unpaired) electrons. The number of aromatic nitrogens is 4. The van der Waals surface area contributed by atoms with Gasteiger partial charge in [-0.25, -0.2) is 9.97 Å². The summed E-state index contributed by atoms with van der Waals surface area (Å²) in [7, 11) is 0. The van der Waals surface area contributed by atoms with Crippen LogP contribution in [0.1, 0.15) is 90.4 Å². The summed E-state index contributed by atoms with van der Waals surface area (Å²) in [6.07, 6.45) is 9.21. The second-order valence-corrected chi connectivity index (χ2v) is 10.3. The lowest BCUT2D eigenvalue weighted by molar-refractivity contribution is -0.141. The number of halogens is 3. The fraction of sp³-hybridized carbons (Fsp3) is 0.586. The van der Waals surface area contributed by atoms with Crippen LogP contribution in [0.5, 0.6) is 0 Å². The van der Waals surface area contributed by atoms with Crippen LogP contribution < -0.4 is 0 Å². The Morgan fingerprint density at radius 1 is 1.16 bits per heavy atom. The minimum Gasteiger partial charge on any atom is -0.297 e. The summed E-state index contributed by atoms with van der Waals surface area (Å²) in [5.41, 5.74) is 2.81. The molecule has 1 aliphatic carbocycles.